The molecule has 2 nitrogen and oxygen atoms in total. The van der Waals surface area contributed by atoms with Gasteiger partial charge in [0.1, 0.15) is 0 Å². The number of rotatable bonds is 0. The molecule has 0 saturated heterocycles. The van der Waals surface area contributed by atoms with Crippen LogP contribution < -0.4 is 0 Å². The molecule has 1 aliphatic rings. The van der Waals surface area contributed by atoms with Gasteiger partial charge in [0.15, 0.2) is 11.6 Å². The van der Waals surface area contributed by atoms with Gasteiger partial charge in [-0.1, -0.05) is 96.6 Å². The molecule has 0 spiro atoms. The van der Waals surface area contributed by atoms with Crippen LogP contribution in [0.25, 0.3) is 0 Å². The highest BCUT2D eigenvalue weighted by Crippen LogP contribution is 1.95. The molecule has 0 saturated carbocycles. The SMILES string of the molecule is C/C1=C/C=C/C=C/C(=O)/C=C/C=C(/C)C#CC#C/C(C)=C/C=C/C(=O)/C=C/C=C/C=C(/C)C#CC#C1. The molecule has 176 valence electrons. The summed E-state index contributed by atoms with van der Waals surface area (Å²) < 4.78 is 0. The number of carbonyl (C=O) groups is 2. The second kappa shape index (κ2) is 18.4. The molecular formula is C34H28O2. The second-order valence-electron chi connectivity index (χ2n) is 7.41. The molecular weight excluding hydrogens is 440 g/mol. The van der Waals surface area contributed by atoms with Crippen LogP contribution in [-0.4, -0.2) is 11.6 Å². The van der Waals surface area contributed by atoms with Gasteiger partial charge >= 0.3 is 0 Å². The monoisotopic (exact) mass is 468 g/mol. The minimum atomic E-state index is -0.132. The summed E-state index contributed by atoms with van der Waals surface area (Å²) in [5.41, 5.74) is 3.26. The van der Waals surface area contributed by atoms with E-state index in [4.69, 9.17) is 0 Å². The van der Waals surface area contributed by atoms with Crippen molar-refractivity contribution in [2.45, 2.75) is 27.7 Å². The first-order chi connectivity index (χ1) is 17.4. The van der Waals surface area contributed by atoms with Crippen LogP contribution in [0, 0.1) is 47.4 Å². The Kier molecular flexibility index (Phi) is 14.8. The van der Waals surface area contributed by atoms with Gasteiger partial charge in [-0.25, -0.2) is 0 Å². The molecule has 0 fully saturated rings. The quantitative estimate of drug-likeness (QED) is 0.393. The Balaban J connectivity index is 3.11. The first-order valence-electron chi connectivity index (χ1n) is 11.2. The third kappa shape index (κ3) is 16.6. The molecule has 0 heterocycles. The topological polar surface area (TPSA) is 34.1 Å². The fraction of sp³-hybridized carbons (Fsp3) is 0.118. The van der Waals surface area contributed by atoms with E-state index in [-0.39, 0.29) is 11.6 Å². The Bertz CT molecular complexity index is 1280. The predicted octanol–water partition coefficient (Wildman–Crippen LogP) is 6.27. The molecule has 0 atom stereocenters. The van der Waals surface area contributed by atoms with Crippen molar-refractivity contribution in [2.24, 2.45) is 0 Å². The zero-order valence-electron chi connectivity index (χ0n) is 21.1. The number of hydrogen-bond acceptors (Lipinski definition) is 2. The van der Waals surface area contributed by atoms with Crippen LogP contribution in [0.1, 0.15) is 27.7 Å². The summed E-state index contributed by atoms with van der Waals surface area (Å²) >= 11 is 0. The van der Waals surface area contributed by atoms with Gasteiger partial charge in [-0.05, 0) is 98.0 Å². The van der Waals surface area contributed by atoms with Gasteiger partial charge in [0.2, 0.25) is 0 Å². The van der Waals surface area contributed by atoms with E-state index >= 15 is 0 Å². The maximum absolute atomic E-state index is 11.9. The van der Waals surface area contributed by atoms with Gasteiger partial charge in [0, 0.05) is 0 Å². The minimum absolute atomic E-state index is 0.132. The van der Waals surface area contributed by atoms with Crippen molar-refractivity contribution in [3.8, 4) is 47.4 Å². The maximum Gasteiger partial charge on any atom is 0.178 e. The first kappa shape index (κ1) is 29.0. The third-order valence-electron chi connectivity index (χ3n) is 4.03. The smallest absolute Gasteiger partial charge is 0.178 e. The maximum atomic E-state index is 11.9. The van der Waals surface area contributed by atoms with E-state index < -0.39 is 0 Å². The zero-order valence-corrected chi connectivity index (χ0v) is 21.1. The third-order valence-corrected chi connectivity index (χ3v) is 4.03. The van der Waals surface area contributed by atoms with Crippen LogP contribution in [0.2, 0.25) is 0 Å². The molecule has 36 heavy (non-hydrogen) atoms. The Morgan fingerprint density at radius 3 is 1.00 bits per heavy atom. The second-order valence-corrected chi connectivity index (χ2v) is 7.41. The lowest BCUT2D eigenvalue weighted by Crippen LogP contribution is -1.83. The predicted molar refractivity (Wildman–Crippen MR) is 151 cm³/mol. The van der Waals surface area contributed by atoms with Crippen LogP contribution >= 0.6 is 0 Å². The highest BCUT2D eigenvalue weighted by molar-refractivity contribution is 6.00. The van der Waals surface area contributed by atoms with E-state index in [9.17, 15) is 9.59 Å². The molecule has 0 aromatic heterocycles. The Hall–Kier alpha value is -5.02. The molecule has 0 N–H and O–H groups in total. The lowest BCUT2D eigenvalue weighted by Gasteiger charge is -1.84. The molecule has 2 heteroatoms. The molecule has 1 aliphatic carbocycles. The number of allylic oxidation sites excluding steroid dienone is 20. The van der Waals surface area contributed by atoms with Gasteiger partial charge in [-0.15, -0.1) is 0 Å². The number of ketones is 2. The fourth-order valence-electron chi connectivity index (χ4n) is 2.20. The Morgan fingerprint density at radius 1 is 0.389 bits per heavy atom. The molecule has 1 rings (SSSR count). The van der Waals surface area contributed by atoms with Gasteiger partial charge in [0.25, 0.3) is 0 Å². The normalized spacial score (nSPS) is 26.4. The molecule has 0 aromatic rings. The van der Waals surface area contributed by atoms with E-state index in [1.165, 1.54) is 24.3 Å². The van der Waals surface area contributed by atoms with Crippen LogP contribution in [0.3, 0.4) is 0 Å². The van der Waals surface area contributed by atoms with Crippen molar-refractivity contribution >= 4 is 11.6 Å². The van der Waals surface area contributed by atoms with Crippen LogP contribution in [0.5, 0.6) is 0 Å². The van der Waals surface area contributed by atoms with E-state index in [1.807, 2.05) is 52.0 Å². The lowest BCUT2D eigenvalue weighted by molar-refractivity contribution is -0.111. The van der Waals surface area contributed by atoms with Crippen molar-refractivity contribution in [1.29, 1.82) is 0 Å². The van der Waals surface area contributed by atoms with Crippen molar-refractivity contribution in [3.05, 3.63) is 120 Å². The molecule has 0 aliphatic heterocycles. The van der Waals surface area contributed by atoms with E-state index in [1.54, 1.807) is 48.6 Å². The molecule has 0 aromatic carbocycles. The molecule has 0 radical (unpaired) electrons. The summed E-state index contributed by atoms with van der Waals surface area (Å²) in [6.07, 6.45) is 26.9. The highest BCUT2D eigenvalue weighted by Gasteiger charge is 1.87. The van der Waals surface area contributed by atoms with Crippen molar-refractivity contribution < 1.29 is 9.59 Å². The highest BCUT2D eigenvalue weighted by atomic mass is 16.1. The van der Waals surface area contributed by atoms with Crippen molar-refractivity contribution in [3.63, 3.8) is 0 Å². The standard InChI is InChI=1S/C34H28O2/c1-29-17-7-5-9-25-33(35)27-15-23-31(3)21-13-14-22-32(4)24-16-28-34(36)26-10-6-8-18-30(2)20-12-11-19-29/h5-10,15-18,23-28H,1-4H3/b7-5+,8-6+,25-9+,26-10+,27-15+,28-16+,29-17-,30-18-,31-23-,32-24+. The Labute approximate surface area is 215 Å². The van der Waals surface area contributed by atoms with Crippen LogP contribution in [0.15, 0.2) is 120 Å². The van der Waals surface area contributed by atoms with Crippen LogP contribution in [0.4, 0.5) is 0 Å². The van der Waals surface area contributed by atoms with Crippen molar-refractivity contribution in [2.75, 3.05) is 0 Å². The summed E-state index contributed by atoms with van der Waals surface area (Å²) in [5.74, 6) is 22.6. The Morgan fingerprint density at radius 2 is 0.667 bits per heavy atom. The first-order valence-corrected chi connectivity index (χ1v) is 11.2. The van der Waals surface area contributed by atoms with Gasteiger partial charge in [-0.2, -0.15) is 0 Å². The molecule has 0 bridgehead atoms. The largest absolute Gasteiger partial charge is 0.290 e. The number of hydrogen-bond donors (Lipinski definition) is 0. The molecule has 0 amide bonds. The van der Waals surface area contributed by atoms with E-state index in [0.29, 0.717) is 0 Å². The lowest BCUT2D eigenvalue weighted by atomic mass is 10.2. The van der Waals surface area contributed by atoms with Gasteiger partial charge < -0.3 is 0 Å². The van der Waals surface area contributed by atoms with Crippen molar-refractivity contribution in [1.82, 2.24) is 0 Å². The minimum Gasteiger partial charge on any atom is -0.290 e. The summed E-state index contributed by atoms with van der Waals surface area (Å²) in [4.78, 5) is 23.8. The van der Waals surface area contributed by atoms with E-state index in [2.05, 4.69) is 47.4 Å². The summed E-state index contributed by atoms with van der Waals surface area (Å²) in [5, 5.41) is 0. The average Bonchev–Trinajstić information content (AvgIpc) is 2.83. The van der Waals surface area contributed by atoms with Gasteiger partial charge in [0.05, 0.1) is 0 Å². The fourth-order valence-corrected chi connectivity index (χ4v) is 2.20. The summed E-state index contributed by atoms with van der Waals surface area (Å²) in [6, 6.07) is 0. The van der Waals surface area contributed by atoms with E-state index in [0.717, 1.165) is 22.3 Å². The summed E-state index contributed by atoms with van der Waals surface area (Å²) in [7, 11) is 0. The number of carbonyl (C=O) groups excluding carboxylic acids is 2. The summed E-state index contributed by atoms with van der Waals surface area (Å²) in [6.45, 7) is 7.44. The average molecular weight is 469 g/mol. The van der Waals surface area contributed by atoms with Crippen LogP contribution in [-0.2, 0) is 9.59 Å². The zero-order chi connectivity index (χ0) is 26.4. The van der Waals surface area contributed by atoms with Gasteiger partial charge in [-0.3, -0.25) is 9.59 Å². The molecule has 0 unspecified atom stereocenters.